The molecule has 0 aliphatic carbocycles. The Morgan fingerprint density at radius 2 is 2.06 bits per heavy atom. The Kier molecular flexibility index (Phi) is 3.27. The summed E-state index contributed by atoms with van der Waals surface area (Å²) >= 11 is 0. The van der Waals surface area contributed by atoms with Crippen LogP contribution >= 0.6 is 0 Å². The van der Waals surface area contributed by atoms with Gasteiger partial charge in [-0.05, 0) is 37.7 Å². The molecule has 0 amide bonds. The van der Waals surface area contributed by atoms with E-state index >= 15 is 0 Å². The van der Waals surface area contributed by atoms with Crippen LogP contribution in [0.5, 0.6) is 0 Å². The van der Waals surface area contributed by atoms with Crippen molar-refractivity contribution in [2.24, 2.45) is 0 Å². The summed E-state index contributed by atoms with van der Waals surface area (Å²) in [6.45, 7) is 1.12. The molecule has 0 aliphatic rings. The number of rotatable bonds is 4. The maximum atomic E-state index is 9.33. The molecular weight excluding hydrogens is 200 g/mol. The highest BCUT2D eigenvalue weighted by Crippen LogP contribution is 2.23. The highest BCUT2D eigenvalue weighted by Gasteiger charge is 2.07. The monoisotopic (exact) mass is 218 g/mol. The van der Waals surface area contributed by atoms with Crippen molar-refractivity contribution in [3.63, 3.8) is 0 Å². The molecule has 0 spiro atoms. The lowest BCUT2D eigenvalue weighted by Gasteiger charge is -2.09. The number of aromatic amines is 1. The van der Waals surface area contributed by atoms with Crippen molar-refractivity contribution in [2.75, 3.05) is 20.6 Å². The second-order valence-corrected chi connectivity index (χ2v) is 4.37. The number of aromatic nitrogens is 1. The Hall–Kier alpha value is -1.32. The molecule has 1 aromatic carbocycles. The predicted octanol–water partition coefficient (Wildman–Crippen LogP) is 1.76. The van der Waals surface area contributed by atoms with Crippen LogP contribution in [0.3, 0.4) is 0 Å². The molecule has 1 heterocycles. The lowest BCUT2D eigenvalue weighted by atomic mass is 10.0. The summed E-state index contributed by atoms with van der Waals surface area (Å²) in [5, 5.41) is 10.5. The van der Waals surface area contributed by atoms with Gasteiger partial charge in [-0.15, -0.1) is 0 Å². The van der Waals surface area contributed by atoms with Crippen molar-refractivity contribution in [1.82, 2.24) is 9.88 Å². The molecule has 2 aromatic rings. The topological polar surface area (TPSA) is 39.3 Å². The van der Waals surface area contributed by atoms with Crippen molar-refractivity contribution in [2.45, 2.75) is 13.0 Å². The van der Waals surface area contributed by atoms with E-state index in [9.17, 15) is 5.11 Å². The number of likely N-dealkylation sites (N-methyl/N-ethyl adjacent to an activating group) is 1. The zero-order valence-electron chi connectivity index (χ0n) is 9.83. The summed E-state index contributed by atoms with van der Waals surface area (Å²) in [7, 11) is 4.14. The van der Waals surface area contributed by atoms with Crippen LogP contribution in [0.2, 0.25) is 0 Å². The molecule has 3 heteroatoms. The van der Waals surface area contributed by atoms with E-state index in [1.54, 1.807) is 0 Å². The molecule has 0 fully saturated rings. The van der Waals surface area contributed by atoms with Gasteiger partial charge in [0.1, 0.15) is 0 Å². The van der Waals surface area contributed by atoms with Gasteiger partial charge >= 0.3 is 0 Å². The third-order valence-corrected chi connectivity index (χ3v) is 2.87. The first-order valence-corrected chi connectivity index (χ1v) is 5.56. The Morgan fingerprint density at radius 1 is 1.25 bits per heavy atom. The number of hydrogen-bond donors (Lipinski definition) is 2. The smallest absolute Gasteiger partial charge is 0.0688 e. The van der Waals surface area contributed by atoms with Gasteiger partial charge in [0.05, 0.1) is 6.61 Å². The van der Waals surface area contributed by atoms with Gasteiger partial charge < -0.3 is 15.0 Å². The minimum Gasteiger partial charge on any atom is -0.392 e. The van der Waals surface area contributed by atoms with Gasteiger partial charge in [0, 0.05) is 23.6 Å². The van der Waals surface area contributed by atoms with E-state index in [4.69, 9.17) is 0 Å². The van der Waals surface area contributed by atoms with Gasteiger partial charge in [-0.2, -0.15) is 0 Å². The standard InChI is InChI=1S/C13H18N2O/c1-15(2)7-6-10-8-14-12-5-3-4-11(9-16)13(10)12/h3-5,8,14,16H,6-7,9H2,1-2H3. The van der Waals surface area contributed by atoms with Gasteiger partial charge in [-0.3, -0.25) is 0 Å². The number of aliphatic hydroxyl groups excluding tert-OH is 1. The van der Waals surface area contributed by atoms with Crippen molar-refractivity contribution in [3.8, 4) is 0 Å². The summed E-state index contributed by atoms with van der Waals surface area (Å²) in [5.41, 5.74) is 3.40. The Bertz CT molecular complexity index is 474. The van der Waals surface area contributed by atoms with E-state index in [0.717, 1.165) is 24.0 Å². The SMILES string of the molecule is CN(C)CCc1c[nH]c2cccc(CO)c12. The summed E-state index contributed by atoms with van der Waals surface area (Å²) in [6, 6.07) is 6.00. The van der Waals surface area contributed by atoms with Gasteiger partial charge in [-0.25, -0.2) is 0 Å². The molecular formula is C13H18N2O. The Morgan fingerprint density at radius 3 is 2.75 bits per heavy atom. The van der Waals surface area contributed by atoms with E-state index in [2.05, 4.69) is 24.0 Å². The average Bonchev–Trinajstić information content (AvgIpc) is 2.69. The molecule has 0 saturated heterocycles. The second kappa shape index (κ2) is 4.68. The molecule has 0 bridgehead atoms. The van der Waals surface area contributed by atoms with E-state index < -0.39 is 0 Å². The summed E-state index contributed by atoms with van der Waals surface area (Å²) in [6.07, 6.45) is 3.05. The lowest BCUT2D eigenvalue weighted by molar-refractivity contribution is 0.283. The van der Waals surface area contributed by atoms with Crippen LogP contribution in [0.25, 0.3) is 10.9 Å². The van der Waals surface area contributed by atoms with Crippen LogP contribution in [0.1, 0.15) is 11.1 Å². The molecule has 0 saturated carbocycles. The molecule has 16 heavy (non-hydrogen) atoms. The van der Waals surface area contributed by atoms with Crippen molar-refractivity contribution in [1.29, 1.82) is 0 Å². The van der Waals surface area contributed by atoms with Gasteiger partial charge in [0.25, 0.3) is 0 Å². The van der Waals surface area contributed by atoms with Gasteiger partial charge in [-0.1, -0.05) is 12.1 Å². The molecule has 0 atom stereocenters. The van der Waals surface area contributed by atoms with Gasteiger partial charge in [0.2, 0.25) is 0 Å². The first kappa shape index (κ1) is 11.2. The number of H-pyrrole nitrogens is 1. The van der Waals surface area contributed by atoms with Crippen LogP contribution in [0.4, 0.5) is 0 Å². The molecule has 0 radical (unpaired) electrons. The van der Waals surface area contributed by atoms with Crippen molar-refractivity contribution in [3.05, 3.63) is 35.5 Å². The number of benzene rings is 1. The molecule has 0 unspecified atom stereocenters. The molecule has 1 aromatic heterocycles. The molecule has 2 N–H and O–H groups in total. The normalized spacial score (nSPS) is 11.5. The van der Waals surface area contributed by atoms with Crippen molar-refractivity contribution < 1.29 is 5.11 Å². The molecule has 2 rings (SSSR count). The predicted molar refractivity (Wildman–Crippen MR) is 66.5 cm³/mol. The van der Waals surface area contributed by atoms with Crippen LogP contribution < -0.4 is 0 Å². The Labute approximate surface area is 95.7 Å². The molecule has 0 aliphatic heterocycles. The fourth-order valence-corrected chi connectivity index (χ4v) is 2.01. The van der Waals surface area contributed by atoms with E-state index in [1.165, 1.54) is 10.9 Å². The quantitative estimate of drug-likeness (QED) is 0.821. The minimum atomic E-state index is 0.101. The van der Waals surface area contributed by atoms with Crippen LogP contribution in [0, 0.1) is 0 Å². The van der Waals surface area contributed by atoms with E-state index in [1.807, 2.05) is 24.4 Å². The average molecular weight is 218 g/mol. The van der Waals surface area contributed by atoms with E-state index in [-0.39, 0.29) is 6.61 Å². The van der Waals surface area contributed by atoms with Gasteiger partial charge in [0.15, 0.2) is 0 Å². The minimum absolute atomic E-state index is 0.101. The van der Waals surface area contributed by atoms with E-state index in [0.29, 0.717) is 0 Å². The third-order valence-electron chi connectivity index (χ3n) is 2.87. The molecule has 86 valence electrons. The Balaban J connectivity index is 2.38. The first-order chi connectivity index (χ1) is 7.72. The number of fused-ring (bicyclic) bond motifs is 1. The van der Waals surface area contributed by atoms with Crippen LogP contribution in [-0.2, 0) is 13.0 Å². The third kappa shape index (κ3) is 2.10. The summed E-state index contributed by atoms with van der Waals surface area (Å²) in [4.78, 5) is 5.42. The number of nitrogens with one attached hydrogen (secondary N) is 1. The molecule has 3 nitrogen and oxygen atoms in total. The van der Waals surface area contributed by atoms with Crippen molar-refractivity contribution >= 4 is 10.9 Å². The number of nitrogens with zero attached hydrogens (tertiary/aromatic N) is 1. The lowest BCUT2D eigenvalue weighted by Crippen LogP contribution is -2.14. The highest BCUT2D eigenvalue weighted by atomic mass is 16.3. The first-order valence-electron chi connectivity index (χ1n) is 5.56. The van der Waals surface area contributed by atoms with Crippen LogP contribution in [0.15, 0.2) is 24.4 Å². The maximum absolute atomic E-state index is 9.33. The summed E-state index contributed by atoms with van der Waals surface area (Å²) in [5.74, 6) is 0. The largest absolute Gasteiger partial charge is 0.392 e. The van der Waals surface area contributed by atoms with Crippen LogP contribution in [-0.4, -0.2) is 35.6 Å². The maximum Gasteiger partial charge on any atom is 0.0688 e. The zero-order chi connectivity index (χ0) is 11.5. The fraction of sp³-hybridized carbons (Fsp3) is 0.385. The zero-order valence-corrected chi connectivity index (χ0v) is 9.83. The number of hydrogen-bond acceptors (Lipinski definition) is 2. The second-order valence-electron chi connectivity index (χ2n) is 4.37. The number of aliphatic hydroxyl groups is 1. The highest BCUT2D eigenvalue weighted by molar-refractivity contribution is 5.86. The fourth-order valence-electron chi connectivity index (χ4n) is 2.01. The summed E-state index contributed by atoms with van der Waals surface area (Å²) < 4.78 is 0.